The molecule has 3 rings (SSSR count). The Morgan fingerprint density at radius 2 is 2.00 bits per heavy atom. The molecule has 0 aliphatic heterocycles. The van der Waals surface area contributed by atoms with Crippen LogP contribution in [0.15, 0.2) is 27.7 Å². The Morgan fingerprint density at radius 3 is 2.73 bits per heavy atom. The lowest BCUT2D eigenvalue weighted by atomic mass is 9.93. The minimum atomic E-state index is -0.257. The Bertz CT molecular complexity index is 915. The number of anilines is 1. The normalized spacial score (nSPS) is 14.8. The SMILES string of the molecule is Cc1cccc(NC(=O)c2oc3c(c2C)/C(=N/NC(N)=S)CCC3)c1C. The molecule has 6 nitrogen and oxygen atoms in total. The molecule has 26 heavy (non-hydrogen) atoms. The van der Waals surface area contributed by atoms with Crippen molar-refractivity contribution in [2.75, 3.05) is 5.32 Å². The van der Waals surface area contributed by atoms with Gasteiger partial charge in [0.1, 0.15) is 5.76 Å². The average Bonchev–Trinajstić information content (AvgIpc) is 2.95. The molecule has 1 aliphatic carbocycles. The summed E-state index contributed by atoms with van der Waals surface area (Å²) in [5.74, 6) is 0.844. The van der Waals surface area contributed by atoms with Gasteiger partial charge in [0.05, 0.1) is 5.71 Å². The summed E-state index contributed by atoms with van der Waals surface area (Å²) in [5.41, 5.74) is 13.5. The lowest BCUT2D eigenvalue weighted by Gasteiger charge is -2.13. The number of amides is 1. The van der Waals surface area contributed by atoms with Crippen LogP contribution in [0.1, 0.15) is 51.4 Å². The first kappa shape index (κ1) is 18.1. The van der Waals surface area contributed by atoms with Crippen LogP contribution in [0.25, 0.3) is 0 Å². The van der Waals surface area contributed by atoms with Crippen molar-refractivity contribution in [2.45, 2.75) is 40.0 Å². The van der Waals surface area contributed by atoms with Gasteiger partial charge < -0.3 is 15.5 Å². The maximum atomic E-state index is 12.8. The molecule has 1 aliphatic rings. The minimum Gasteiger partial charge on any atom is -0.455 e. The van der Waals surface area contributed by atoms with Crippen LogP contribution >= 0.6 is 12.2 Å². The summed E-state index contributed by atoms with van der Waals surface area (Å²) in [5, 5.41) is 7.34. The molecule has 0 unspecified atom stereocenters. The second-order valence-corrected chi connectivity index (χ2v) is 6.88. The third-order valence-corrected chi connectivity index (χ3v) is 4.78. The summed E-state index contributed by atoms with van der Waals surface area (Å²) in [6.45, 7) is 5.87. The number of rotatable bonds is 3. The fourth-order valence-corrected chi connectivity index (χ4v) is 3.23. The number of hydrogen-bond acceptors (Lipinski definition) is 4. The van der Waals surface area contributed by atoms with Gasteiger partial charge in [0.2, 0.25) is 0 Å². The maximum Gasteiger partial charge on any atom is 0.291 e. The van der Waals surface area contributed by atoms with E-state index < -0.39 is 0 Å². The smallest absolute Gasteiger partial charge is 0.291 e. The third kappa shape index (κ3) is 3.48. The molecule has 2 aromatic rings. The molecule has 1 heterocycles. The second-order valence-electron chi connectivity index (χ2n) is 6.44. The molecule has 0 saturated heterocycles. The molecule has 4 N–H and O–H groups in total. The van der Waals surface area contributed by atoms with E-state index >= 15 is 0 Å². The van der Waals surface area contributed by atoms with Gasteiger partial charge in [0.25, 0.3) is 5.91 Å². The largest absolute Gasteiger partial charge is 0.455 e. The zero-order valence-electron chi connectivity index (χ0n) is 15.1. The monoisotopic (exact) mass is 370 g/mol. The number of carbonyl (C=O) groups is 1. The molecular formula is C19H22N4O2S. The first-order valence-electron chi connectivity index (χ1n) is 8.50. The standard InChI is InChI=1S/C19H22N4O2S/c1-10-6-4-7-13(11(10)2)21-18(24)17-12(3)16-14(22-23-19(20)26)8-5-9-15(16)25-17/h4,6-7H,5,8-9H2,1-3H3,(H,21,24)(H3,20,23,26)/b22-14+. The molecule has 0 fully saturated rings. The second kappa shape index (κ2) is 7.29. The fourth-order valence-electron chi connectivity index (χ4n) is 3.18. The predicted octanol–water partition coefficient (Wildman–Crippen LogP) is 3.33. The van der Waals surface area contributed by atoms with E-state index in [9.17, 15) is 4.79 Å². The highest BCUT2D eigenvalue weighted by Gasteiger charge is 2.28. The summed E-state index contributed by atoms with van der Waals surface area (Å²) in [7, 11) is 0. The van der Waals surface area contributed by atoms with Crippen LogP contribution in [0.3, 0.4) is 0 Å². The molecule has 1 aromatic carbocycles. The van der Waals surface area contributed by atoms with Gasteiger partial charge in [-0.3, -0.25) is 10.2 Å². The van der Waals surface area contributed by atoms with Crippen LogP contribution in [0.2, 0.25) is 0 Å². The van der Waals surface area contributed by atoms with Gasteiger partial charge in [0, 0.05) is 23.2 Å². The van der Waals surface area contributed by atoms with Crippen molar-refractivity contribution < 1.29 is 9.21 Å². The summed E-state index contributed by atoms with van der Waals surface area (Å²) in [6.07, 6.45) is 2.45. The van der Waals surface area contributed by atoms with E-state index in [2.05, 4.69) is 15.8 Å². The summed E-state index contributed by atoms with van der Waals surface area (Å²) in [4.78, 5) is 12.8. The molecular weight excluding hydrogens is 348 g/mol. The van der Waals surface area contributed by atoms with Crippen LogP contribution in [0.4, 0.5) is 5.69 Å². The Balaban J connectivity index is 1.92. The van der Waals surface area contributed by atoms with Gasteiger partial charge in [0.15, 0.2) is 10.9 Å². The van der Waals surface area contributed by atoms with E-state index in [1.807, 2.05) is 39.0 Å². The zero-order chi connectivity index (χ0) is 18.8. The van der Waals surface area contributed by atoms with Crippen LogP contribution in [-0.4, -0.2) is 16.7 Å². The number of nitrogens with two attached hydrogens (primary N) is 1. The summed E-state index contributed by atoms with van der Waals surface area (Å²) < 4.78 is 5.89. The molecule has 0 spiro atoms. The summed E-state index contributed by atoms with van der Waals surface area (Å²) in [6, 6.07) is 5.82. The lowest BCUT2D eigenvalue weighted by molar-refractivity contribution is 0.0994. The van der Waals surface area contributed by atoms with E-state index in [4.69, 9.17) is 22.4 Å². The lowest BCUT2D eigenvalue weighted by Crippen LogP contribution is -2.26. The number of hydrogen-bond donors (Lipinski definition) is 3. The summed E-state index contributed by atoms with van der Waals surface area (Å²) >= 11 is 4.81. The number of carbonyl (C=O) groups excluding carboxylic acids is 1. The first-order chi connectivity index (χ1) is 12.4. The van der Waals surface area contributed by atoms with Gasteiger partial charge in [-0.2, -0.15) is 5.10 Å². The number of nitrogens with one attached hydrogen (secondary N) is 2. The number of benzene rings is 1. The Labute approximate surface area is 157 Å². The van der Waals surface area contributed by atoms with Gasteiger partial charge in [-0.1, -0.05) is 12.1 Å². The van der Waals surface area contributed by atoms with Gasteiger partial charge in [-0.15, -0.1) is 0 Å². The Morgan fingerprint density at radius 1 is 1.23 bits per heavy atom. The van der Waals surface area contributed by atoms with Crippen molar-refractivity contribution >= 4 is 34.6 Å². The van der Waals surface area contributed by atoms with Crippen LogP contribution in [0.5, 0.6) is 0 Å². The number of thiocarbonyl (C=S) groups is 1. The minimum absolute atomic E-state index is 0.110. The van der Waals surface area contributed by atoms with Crippen molar-refractivity contribution in [2.24, 2.45) is 10.8 Å². The maximum absolute atomic E-state index is 12.8. The van der Waals surface area contributed by atoms with Crippen LogP contribution in [-0.2, 0) is 6.42 Å². The van der Waals surface area contributed by atoms with Crippen molar-refractivity contribution in [1.29, 1.82) is 0 Å². The van der Waals surface area contributed by atoms with E-state index in [0.717, 1.165) is 58.7 Å². The quantitative estimate of drug-likeness (QED) is 0.569. The number of hydrazone groups is 1. The molecule has 0 radical (unpaired) electrons. The molecule has 1 amide bonds. The van der Waals surface area contributed by atoms with Crippen molar-refractivity contribution in [3.05, 3.63) is 52.0 Å². The Kier molecular flexibility index (Phi) is 5.08. The van der Waals surface area contributed by atoms with E-state index in [1.165, 1.54) is 0 Å². The molecule has 1 aromatic heterocycles. The number of furan rings is 1. The first-order valence-corrected chi connectivity index (χ1v) is 8.91. The average molecular weight is 370 g/mol. The van der Waals surface area contributed by atoms with Crippen LogP contribution < -0.4 is 16.5 Å². The molecule has 0 saturated carbocycles. The molecule has 0 bridgehead atoms. The zero-order valence-corrected chi connectivity index (χ0v) is 15.9. The highest BCUT2D eigenvalue weighted by molar-refractivity contribution is 7.80. The van der Waals surface area contributed by atoms with Crippen molar-refractivity contribution in [3.8, 4) is 0 Å². The van der Waals surface area contributed by atoms with Gasteiger partial charge in [-0.25, -0.2) is 0 Å². The third-order valence-electron chi connectivity index (χ3n) is 4.69. The van der Waals surface area contributed by atoms with E-state index in [1.54, 1.807) is 0 Å². The topological polar surface area (TPSA) is 92.6 Å². The van der Waals surface area contributed by atoms with Gasteiger partial charge in [-0.05, 0) is 63.0 Å². The molecule has 0 atom stereocenters. The highest BCUT2D eigenvalue weighted by Crippen LogP contribution is 2.30. The number of fused-ring (bicyclic) bond motifs is 1. The molecule has 136 valence electrons. The van der Waals surface area contributed by atoms with Crippen molar-refractivity contribution in [3.63, 3.8) is 0 Å². The van der Waals surface area contributed by atoms with E-state index in [-0.39, 0.29) is 11.0 Å². The predicted molar refractivity (Wildman–Crippen MR) is 107 cm³/mol. The van der Waals surface area contributed by atoms with Crippen molar-refractivity contribution in [1.82, 2.24) is 5.43 Å². The van der Waals surface area contributed by atoms with Gasteiger partial charge >= 0.3 is 0 Å². The number of aryl methyl sites for hydroxylation is 2. The fraction of sp³-hybridized carbons (Fsp3) is 0.316. The highest BCUT2D eigenvalue weighted by atomic mass is 32.1. The number of nitrogens with zero attached hydrogens (tertiary/aromatic N) is 1. The van der Waals surface area contributed by atoms with Crippen LogP contribution in [0, 0.1) is 20.8 Å². The van der Waals surface area contributed by atoms with E-state index in [0.29, 0.717) is 5.76 Å². The Hall–Kier alpha value is -2.67. The molecule has 7 heteroatoms.